The van der Waals surface area contributed by atoms with Crippen LogP contribution in [0.3, 0.4) is 0 Å². The summed E-state index contributed by atoms with van der Waals surface area (Å²) in [6.07, 6.45) is 5.64. The maximum Gasteiger partial charge on any atom is 0.253 e. The van der Waals surface area contributed by atoms with E-state index in [2.05, 4.69) is 10.4 Å². The van der Waals surface area contributed by atoms with Crippen LogP contribution in [0.5, 0.6) is 0 Å². The number of benzene rings is 1. The highest BCUT2D eigenvalue weighted by Crippen LogP contribution is 2.16. The zero-order valence-electron chi connectivity index (χ0n) is 12.2. The van der Waals surface area contributed by atoms with Crippen molar-refractivity contribution < 1.29 is 4.79 Å². The molecule has 1 aliphatic heterocycles. The molecular formula is C16H20N4O. The molecule has 1 saturated heterocycles. The normalized spacial score (nSPS) is 16.1. The smallest absolute Gasteiger partial charge is 0.253 e. The molecule has 0 bridgehead atoms. The Bertz CT molecular complexity index is 600. The minimum atomic E-state index is 0.110. The number of likely N-dealkylation sites (tertiary alicyclic amines) is 1. The minimum absolute atomic E-state index is 0.110. The van der Waals surface area contributed by atoms with Crippen LogP contribution in [0.15, 0.2) is 42.7 Å². The molecule has 0 atom stereocenters. The molecule has 5 nitrogen and oxygen atoms in total. The molecule has 21 heavy (non-hydrogen) atoms. The van der Waals surface area contributed by atoms with Gasteiger partial charge in [-0.3, -0.25) is 4.79 Å². The SMILES string of the molecule is CNC1CCN(C(=O)c2cccc(-n3cccn3)c2)CC1. The molecule has 1 N–H and O–H groups in total. The topological polar surface area (TPSA) is 50.2 Å². The lowest BCUT2D eigenvalue weighted by molar-refractivity contribution is 0.0707. The average Bonchev–Trinajstić information content (AvgIpc) is 3.09. The number of rotatable bonds is 3. The fourth-order valence-electron chi connectivity index (χ4n) is 2.76. The van der Waals surface area contributed by atoms with Gasteiger partial charge in [0.25, 0.3) is 5.91 Å². The summed E-state index contributed by atoms with van der Waals surface area (Å²) in [4.78, 5) is 14.5. The fraction of sp³-hybridized carbons (Fsp3) is 0.375. The maximum atomic E-state index is 12.6. The highest BCUT2D eigenvalue weighted by atomic mass is 16.2. The van der Waals surface area contributed by atoms with E-state index >= 15 is 0 Å². The molecule has 1 amide bonds. The molecule has 2 aromatic rings. The summed E-state index contributed by atoms with van der Waals surface area (Å²) < 4.78 is 1.77. The van der Waals surface area contributed by atoms with Crippen molar-refractivity contribution in [1.82, 2.24) is 20.0 Å². The van der Waals surface area contributed by atoms with E-state index in [4.69, 9.17) is 0 Å². The number of amides is 1. The number of nitrogens with one attached hydrogen (secondary N) is 1. The summed E-state index contributed by atoms with van der Waals surface area (Å²) in [5.74, 6) is 0.110. The third kappa shape index (κ3) is 2.97. The van der Waals surface area contributed by atoms with Crippen molar-refractivity contribution in [2.75, 3.05) is 20.1 Å². The molecule has 1 aromatic carbocycles. The van der Waals surface area contributed by atoms with Crippen molar-refractivity contribution in [3.05, 3.63) is 48.3 Å². The third-order valence-corrected chi connectivity index (χ3v) is 4.05. The largest absolute Gasteiger partial charge is 0.339 e. The molecule has 1 aromatic heterocycles. The first-order chi connectivity index (χ1) is 10.3. The second kappa shape index (κ2) is 6.10. The van der Waals surface area contributed by atoms with Crippen LogP contribution in [0.25, 0.3) is 5.69 Å². The molecule has 3 rings (SSSR count). The second-order valence-electron chi connectivity index (χ2n) is 5.36. The molecule has 0 spiro atoms. The number of piperidine rings is 1. The van der Waals surface area contributed by atoms with Gasteiger partial charge in [0.1, 0.15) is 0 Å². The summed E-state index contributed by atoms with van der Waals surface area (Å²) in [5.41, 5.74) is 1.64. The van der Waals surface area contributed by atoms with Crippen LogP contribution in [-0.2, 0) is 0 Å². The van der Waals surface area contributed by atoms with Gasteiger partial charge in [0.15, 0.2) is 0 Å². The summed E-state index contributed by atoms with van der Waals surface area (Å²) in [6.45, 7) is 1.63. The summed E-state index contributed by atoms with van der Waals surface area (Å²) in [5, 5.41) is 7.49. The molecule has 2 heterocycles. The van der Waals surface area contributed by atoms with E-state index in [1.807, 2.05) is 48.5 Å². The Morgan fingerprint density at radius 2 is 2.10 bits per heavy atom. The van der Waals surface area contributed by atoms with Gasteiger partial charge in [-0.2, -0.15) is 5.10 Å². The lowest BCUT2D eigenvalue weighted by Crippen LogP contribution is -2.43. The second-order valence-corrected chi connectivity index (χ2v) is 5.36. The van der Waals surface area contributed by atoms with Crippen LogP contribution in [0, 0.1) is 0 Å². The van der Waals surface area contributed by atoms with Crippen molar-refractivity contribution in [1.29, 1.82) is 0 Å². The van der Waals surface area contributed by atoms with E-state index in [-0.39, 0.29) is 5.91 Å². The fourth-order valence-corrected chi connectivity index (χ4v) is 2.76. The Morgan fingerprint density at radius 1 is 1.29 bits per heavy atom. The van der Waals surface area contributed by atoms with Crippen molar-refractivity contribution in [2.24, 2.45) is 0 Å². The molecule has 1 aliphatic rings. The number of hydrogen-bond acceptors (Lipinski definition) is 3. The van der Waals surface area contributed by atoms with E-state index < -0.39 is 0 Å². The van der Waals surface area contributed by atoms with Gasteiger partial charge in [-0.1, -0.05) is 6.07 Å². The molecule has 0 aliphatic carbocycles. The van der Waals surface area contributed by atoms with Crippen molar-refractivity contribution in [3.8, 4) is 5.69 Å². The van der Waals surface area contributed by atoms with Gasteiger partial charge in [0.05, 0.1) is 5.69 Å². The predicted molar refractivity (Wildman–Crippen MR) is 81.5 cm³/mol. The van der Waals surface area contributed by atoms with Crippen LogP contribution < -0.4 is 5.32 Å². The van der Waals surface area contributed by atoms with E-state index in [1.54, 1.807) is 10.9 Å². The van der Waals surface area contributed by atoms with E-state index in [9.17, 15) is 4.79 Å². The minimum Gasteiger partial charge on any atom is -0.339 e. The van der Waals surface area contributed by atoms with E-state index in [0.717, 1.165) is 37.2 Å². The first kappa shape index (κ1) is 13.8. The number of hydrogen-bond donors (Lipinski definition) is 1. The number of aromatic nitrogens is 2. The van der Waals surface area contributed by atoms with Gasteiger partial charge in [0.2, 0.25) is 0 Å². The van der Waals surface area contributed by atoms with Gasteiger partial charge >= 0.3 is 0 Å². The van der Waals surface area contributed by atoms with Gasteiger partial charge < -0.3 is 10.2 Å². The molecule has 1 fully saturated rings. The Balaban J connectivity index is 1.75. The molecular weight excluding hydrogens is 264 g/mol. The number of carbonyl (C=O) groups is 1. The van der Waals surface area contributed by atoms with Gasteiger partial charge in [-0.25, -0.2) is 4.68 Å². The Hall–Kier alpha value is -2.14. The molecule has 110 valence electrons. The molecule has 0 unspecified atom stereocenters. The van der Waals surface area contributed by atoms with Gasteiger partial charge in [-0.15, -0.1) is 0 Å². The van der Waals surface area contributed by atoms with Crippen molar-refractivity contribution in [2.45, 2.75) is 18.9 Å². The van der Waals surface area contributed by atoms with Crippen LogP contribution in [0.1, 0.15) is 23.2 Å². The Morgan fingerprint density at radius 3 is 2.76 bits per heavy atom. The first-order valence-electron chi connectivity index (χ1n) is 7.34. The zero-order valence-corrected chi connectivity index (χ0v) is 12.2. The van der Waals surface area contributed by atoms with Crippen LogP contribution >= 0.6 is 0 Å². The average molecular weight is 284 g/mol. The number of nitrogens with zero attached hydrogens (tertiary/aromatic N) is 3. The molecule has 0 radical (unpaired) electrons. The molecule has 0 saturated carbocycles. The van der Waals surface area contributed by atoms with Crippen LogP contribution in [0.2, 0.25) is 0 Å². The van der Waals surface area contributed by atoms with Gasteiger partial charge in [0, 0.05) is 37.1 Å². The quantitative estimate of drug-likeness (QED) is 0.933. The van der Waals surface area contributed by atoms with Crippen LogP contribution in [0.4, 0.5) is 0 Å². The lowest BCUT2D eigenvalue weighted by atomic mass is 10.0. The Kier molecular flexibility index (Phi) is 4.01. The Labute approximate surface area is 124 Å². The van der Waals surface area contributed by atoms with Crippen molar-refractivity contribution in [3.63, 3.8) is 0 Å². The zero-order chi connectivity index (χ0) is 14.7. The first-order valence-corrected chi connectivity index (χ1v) is 7.34. The maximum absolute atomic E-state index is 12.6. The summed E-state index contributed by atoms with van der Waals surface area (Å²) >= 11 is 0. The number of carbonyl (C=O) groups excluding carboxylic acids is 1. The highest BCUT2D eigenvalue weighted by molar-refractivity contribution is 5.94. The summed E-state index contributed by atoms with van der Waals surface area (Å²) in [6, 6.07) is 10.0. The predicted octanol–water partition coefficient (Wildman–Crippen LogP) is 1.70. The monoisotopic (exact) mass is 284 g/mol. The lowest BCUT2D eigenvalue weighted by Gasteiger charge is -2.31. The van der Waals surface area contributed by atoms with E-state index in [1.165, 1.54) is 0 Å². The van der Waals surface area contributed by atoms with Crippen molar-refractivity contribution >= 4 is 5.91 Å². The summed E-state index contributed by atoms with van der Waals surface area (Å²) in [7, 11) is 1.98. The standard InChI is InChI=1S/C16H20N4O/c1-17-14-6-10-19(11-7-14)16(21)13-4-2-5-15(12-13)20-9-3-8-18-20/h2-5,8-9,12,14,17H,6-7,10-11H2,1H3. The highest BCUT2D eigenvalue weighted by Gasteiger charge is 2.22. The third-order valence-electron chi connectivity index (χ3n) is 4.05. The molecule has 5 heteroatoms. The van der Waals surface area contributed by atoms with E-state index in [0.29, 0.717) is 6.04 Å². The van der Waals surface area contributed by atoms with Gasteiger partial charge in [-0.05, 0) is 44.2 Å². The van der Waals surface area contributed by atoms with Crippen LogP contribution in [-0.4, -0.2) is 46.8 Å².